The van der Waals surface area contributed by atoms with Crippen molar-refractivity contribution in [1.82, 2.24) is 8.87 Å². The lowest BCUT2D eigenvalue weighted by Gasteiger charge is -2.42. The molecular weight excluding hydrogens is 470 g/mol. The number of fused-ring (bicyclic) bond motifs is 5. The molecule has 10 heteroatoms. The van der Waals surface area contributed by atoms with Gasteiger partial charge in [0, 0.05) is 48.6 Å². The van der Waals surface area contributed by atoms with E-state index in [1.807, 2.05) is 6.07 Å². The maximum atomic E-state index is 13.4. The molecule has 0 aliphatic carbocycles. The van der Waals surface area contributed by atoms with E-state index in [1.54, 1.807) is 47.0 Å². The first-order valence-corrected chi connectivity index (χ1v) is 12.8. The van der Waals surface area contributed by atoms with Crippen molar-refractivity contribution in [2.24, 2.45) is 5.92 Å². The number of carbonyl (C=O) groups excluding carboxylic acids is 1. The van der Waals surface area contributed by atoms with Crippen LogP contribution in [0.25, 0.3) is 0 Å². The lowest BCUT2D eigenvalue weighted by molar-refractivity contribution is 0.102. The van der Waals surface area contributed by atoms with Crippen molar-refractivity contribution in [2.45, 2.75) is 23.8 Å². The molecule has 3 aliphatic heterocycles. The second kappa shape index (κ2) is 8.24. The zero-order chi connectivity index (χ0) is 24.2. The number of pyridine rings is 1. The van der Waals surface area contributed by atoms with Gasteiger partial charge in [0.2, 0.25) is 16.8 Å². The number of nitrogens with zero attached hydrogens (tertiary/aromatic N) is 2. The van der Waals surface area contributed by atoms with E-state index >= 15 is 0 Å². The Labute approximate surface area is 201 Å². The van der Waals surface area contributed by atoms with E-state index in [-0.39, 0.29) is 35.0 Å². The van der Waals surface area contributed by atoms with Crippen LogP contribution in [-0.4, -0.2) is 43.1 Å². The average molecular weight is 494 g/mol. The summed E-state index contributed by atoms with van der Waals surface area (Å²) in [5, 5.41) is 2.78. The number of hydrogen-bond donors (Lipinski definition) is 1. The number of sulfonamides is 1. The number of rotatable bonds is 4. The first-order chi connectivity index (χ1) is 16.9. The fourth-order valence-electron chi connectivity index (χ4n) is 5.15. The van der Waals surface area contributed by atoms with E-state index in [0.29, 0.717) is 42.4 Å². The largest absolute Gasteiger partial charge is 0.454 e. The van der Waals surface area contributed by atoms with E-state index in [9.17, 15) is 18.0 Å². The molecule has 0 unspecified atom stereocenters. The van der Waals surface area contributed by atoms with Gasteiger partial charge in [-0.1, -0.05) is 6.07 Å². The number of carbonyl (C=O) groups is 1. The van der Waals surface area contributed by atoms with Gasteiger partial charge in [-0.05, 0) is 60.9 Å². The molecule has 1 fully saturated rings. The quantitative estimate of drug-likeness (QED) is 0.599. The SMILES string of the molecule is O=C(Nc1ccc(S(=O)(=O)N2C[C@H]3C[C@H](C2)c2cccc(=O)n2C3)cc1)c1ccc2c(c1)OCO2. The summed E-state index contributed by atoms with van der Waals surface area (Å²) < 4.78 is 40.7. The van der Waals surface area contributed by atoms with Crippen LogP contribution in [0.3, 0.4) is 0 Å². The summed E-state index contributed by atoms with van der Waals surface area (Å²) in [6, 6.07) is 16.3. The Bertz CT molecular complexity index is 1480. The highest BCUT2D eigenvalue weighted by Gasteiger charge is 2.39. The monoisotopic (exact) mass is 493 g/mol. The van der Waals surface area contributed by atoms with Gasteiger partial charge in [0.1, 0.15) is 0 Å². The molecule has 2 aromatic carbocycles. The van der Waals surface area contributed by atoms with Gasteiger partial charge >= 0.3 is 0 Å². The minimum atomic E-state index is -3.72. The Morgan fingerprint density at radius 3 is 2.57 bits per heavy atom. The Balaban J connectivity index is 1.18. The summed E-state index contributed by atoms with van der Waals surface area (Å²) in [7, 11) is -3.72. The Morgan fingerprint density at radius 1 is 0.943 bits per heavy atom. The highest BCUT2D eigenvalue weighted by atomic mass is 32.2. The molecule has 180 valence electrons. The van der Waals surface area contributed by atoms with E-state index in [2.05, 4.69) is 5.32 Å². The molecule has 2 atom stereocenters. The summed E-state index contributed by atoms with van der Waals surface area (Å²) in [6.07, 6.45) is 0.875. The van der Waals surface area contributed by atoms with Crippen molar-refractivity contribution in [3.05, 3.63) is 82.3 Å². The molecule has 3 aliphatic rings. The molecule has 3 aromatic rings. The lowest BCUT2D eigenvalue weighted by Crippen LogP contribution is -2.48. The molecule has 1 saturated heterocycles. The fourth-order valence-corrected chi connectivity index (χ4v) is 6.71. The number of ether oxygens (including phenoxy) is 2. The Kier molecular flexibility index (Phi) is 5.15. The van der Waals surface area contributed by atoms with Crippen molar-refractivity contribution in [2.75, 3.05) is 25.2 Å². The Morgan fingerprint density at radius 2 is 1.74 bits per heavy atom. The van der Waals surface area contributed by atoms with E-state index in [1.165, 1.54) is 16.4 Å². The summed E-state index contributed by atoms with van der Waals surface area (Å²) in [5.41, 5.74) is 1.75. The molecule has 1 N–H and O–H groups in total. The molecule has 2 bridgehead atoms. The molecule has 0 saturated carbocycles. The molecule has 4 heterocycles. The number of amides is 1. The number of piperidine rings is 1. The summed E-state index contributed by atoms with van der Waals surface area (Å²) in [4.78, 5) is 25.0. The van der Waals surface area contributed by atoms with Gasteiger partial charge in [-0.25, -0.2) is 8.42 Å². The predicted molar refractivity (Wildman–Crippen MR) is 127 cm³/mol. The number of anilines is 1. The molecule has 9 nitrogen and oxygen atoms in total. The van der Waals surface area contributed by atoms with E-state index in [4.69, 9.17) is 9.47 Å². The van der Waals surface area contributed by atoms with Gasteiger partial charge in [0.25, 0.3) is 11.5 Å². The lowest BCUT2D eigenvalue weighted by atomic mass is 9.84. The van der Waals surface area contributed by atoms with Crippen LogP contribution in [0, 0.1) is 5.92 Å². The third kappa shape index (κ3) is 3.88. The second-order valence-electron chi connectivity index (χ2n) is 9.07. The normalized spacial score (nSPS) is 20.8. The van der Waals surface area contributed by atoms with Crippen molar-refractivity contribution in [1.29, 1.82) is 0 Å². The highest BCUT2D eigenvalue weighted by molar-refractivity contribution is 7.89. The standard InChI is InChI=1S/C25H23N3O6S/c29-24-3-1-2-21-18-10-16(13-28(21)24)12-27(14-18)35(31,32)20-7-5-19(6-8-20)26-25(30)17-4-9-22-23(11-17)34-15-33-22/h1-9,11,16,18H,10,12-15H2,(H,26,30)/t16-,18-/m1/s1. The minimum Gasteiger partial charge on any atom is -0.454 e. The topological polar surface area (TPSA) is 107 Å². The third-order valence-corrected chi connectivity index (χ3v) is 8.68. The van der Waals surface area contributed by atoms with Crippen LogP contribution in [0.1, 0.15) is 28.4 Å². The number of hydrogen-bond acceptors (Lipinski definition) is 6. The summed E-state index contributed by atoms with van der Waals surface area (Å²) in [5.74, 6) is 0.853. The van der Waals surface area contributed by atoms with Crippen molar-refractivity contribution >= 4 is 21.6 Å². The molecule has 1 amide bonds. The zero-order valence-corrected chi connectivity index (χ0v) is 19.5. The highest BCUT2D eigenvalue weighted by Crippen LogP contribution is 2.37. The van der Waals surface area contributed by atoms with E-state index in [0.717, 1.165) is 12.1 Å². The molecular formula is C25H23N3O6S. The van der Waals surface area contributed by atoms with Crippen molar-refractivity contribution in [3.8, 4) is 11.5 Å². The zero-order valence-electron chi connectivity index (χ0n) is 18.7. The number of aromatic nitrogens is 1. The van der Waals surface area contributed by atoms with Gasteiger partial charge in [0.15, 0.2) is 11.5 Å². The van der Waals surface area contributed by atoms with Crippen LogP contribution >= 0.6 is 0 Å². The first-order valence-electron chi connectivity index (χ1n) is 11.4. The molecule has 0 radical (unpaired) electrons. The fraction of sp³-hybridized carbons (Fsp3) is 0.280. The van der Waals surface area contributed by atoms with Crippen molar-refractivity contribution in [3.63, 3.8) is 0 Å². The maximum Gasteiger partial charge on any atom is 0.255 e. The van der Waals surface area contributed by atoms with E-state index < -0.39 is 10.0 Å². The summed E-state index contributed by atoms with van der Waals surface area (Å²) in [6.45, 7) is 1.37. The molecule has 6 rings (SSSR count). The van der Waals surface area contributed by atoms with Gasteiger partial charge < -0.3 is 19.4 Å². The van der Waals surface area contributed by atoms with Gasteiger partial charge in [-0.15, -0.1) is 0 Å². The average Bonchev–Trinajstić information content (AvgIpc) is 3.33. The van der Waals surface area contributed by atoms with Gasteiger partial charge in [-0.2, -0.15) is 4.31 Å². The number of benzene rings is 2. The minimum absolute atomic E-state index is 0.00793. The maximum absolute atomic E-state index is 13.4. The molecule has 35 heavy (non-hydrogen) atoms. The second-order valence-corrected chi connectivity index (χ2v) is 11.0. The van der Waals surface area contributed by atoms with Crippen LogP contribution < -0.4 is 20.3 Å². The third-order valence-electron chi connectivity index (χ3n) is 6.83. The van der Waals surface area contributed by atoms with Crippen LogP contribution in [0.15, 0.2) is 70.4 Å². The Hall–Kier alpha value is -3.63. The van der Waals surface area contributed by atoms with Crippen molar-refractivity contribution < 1.29 is 22.7 Å². The molecule has 1 aromatic heterocycles. The van der Waals surface area contributed by atoms with Crippen LogP contribution in [0.5, 0.6) is 11.5 Å². The first kappa shape index (κ1) is 21.9. The van der Waals surface area contributed by atoms with Gasteiger partial charge in [0.05, 0.1) is 4.90 Å². The van der Waals surface area contributed by atoms with Gasteiger partial charge in [-0.3, -0.25) is 9.59 Å². The van der Waals surface area contributed by atoms with Crippen LogP contribution in [0.4, 0.5) is 5.69 Å². The van der Waals surface area contributed by atoms with Crippen LogP contribution in [0.2, 0.25) is 0 Å². The number of nitrogens with one attached hydrogen (secondary N) is 1. The molecule has 0 spiro atoms. The van der Waals surface area contributed by atoms with Crippen LogP contribution in [-0.2, 0) is 16.6 Å². The predicted octanol–water partition coefficient (Wildman–Crippen LogP) is 2.64. The smallest absolute Gasteiger partial charge is 0.255 e. The summed E-state index contributed by atoms with van der Waals surface area (Å²) >= 11 is 0.